The molecule has 0 spiro atoms. The Morgan fingerprint density at radius 2 is 1.78 bits per heavy atom. The minimum atomic E-state index is 0.781. The first-order valence-electron chi connectivity index (χ1n) is 8.04. The fourth-order valence-corrected chi connectivity index (χ4v) is 6.01. The lowest BCUT2D eigenvalue weighted by Gasteiger charge is -2.38. The molecule has 0 amide bonds. The number of rotatable bonds is 2. The Morgan fingerprint density at radius 1 is 1.06 bits per heavy atom. The lowest BCUT2D eigenvalue weighted by molar-refractivity contribution is 0.158. The summed E-state index contributed by atoms with van der Waals surface area (Å²) in [6.45, 7) is 11.0. The molecular formula is C17H27N. The summed E-state index contributed by atoms with van der Waals surface area (Å²) in [4.78, 5) is 0. The number of fused-ring (bicyclic) bond motifs is 1. The largest absolute Gasteiger partial charge is 0.310 e. The molecule has 4 bridgehead atoms. The van der Waals surface area contributed by atoms with Crippen LogP contribution in [0.15, 0.2) is 11.6 Å². The molecule has 7 unspecified atom stereocenters. The van der Waals surface area contributed by atoms with Gasteiger partial charge in [0.1, 0.15) is 0 Å². The summed E-state index contributed by atoms with van der Waals surface area (Å²) in [6, 6.07) is 0.781. The van der Waals surface area contributed by atoms with Crippen LogP contribution in [0.5, 0.6) is 0 Å². The Bertz CT molecular complexity index is 394. The van der Waals surface area contributed by atoms with Gasteiger partial charge >= 0.3 is 0 Å². The average molecular weight is 245 g/mol. The Balaban J connectivity index is 1.75. The van der Waals surface area contributed by atoms with E-state index in [9.17, 15) is 0 Å². The third kappa shape index (κ3) is 1.22. The molecule has 1 nitrogen and oxygen atoms in total. The molecule has 1 heterocycles. The smallest absolute Gasteiger partial charge is 0.0319 e. The van der Waals surface area contributed by atoms with Crippen LogP contribution in [0.4, 0.5) is 0 Å². The van der Waals surface area contributed by atoms with Crippen molar-refractivity contribution in [3.8, 4) is 0 Å². The van der Waals surface area contributed by atoms with E-state index in [0.29, 0.717) is 0 Å². The van der Waals surface area contributed by atoms with E-state index < -0.39 is 0 Å². The number of piperidine rings is 1. The molecule has 1 aliphatic heterocycles. The maximum atomic E-state index is 3.90. The minimum Gasteiger partial charge on any atom is -0.310 e. The lowest BCUT2D eigenvalue weighted by Crippen LogP contribution is -2.43. The number of hydrogen-bond acceptors (Lipinski definition) is 1. The average Bonchev–Trinajstić information content (AvgIpc) is 2.83. The van der Waals surface area contributed by atoms with E-state index in [0.717, 1.165) is 53.4 Å². The predicted molar refractivity (Wildman–Crippen MR) is 75.1 cm³/mol. The molecule has 0 aromatic rings. The second-order valence-electron chi connectivity index (χ2n) is 7.95. The van der Waals surface area contributed by atoms with Crippen molar-refractivity contribution >= 4 is 0 Å². The van der Waals surface area contributed by atoms with Crippen molar-refractivity contribution in [3.63, 3.8) is 0 Å². The zero-order valence-corrected chi connectivity index (χ0v) is 12.2. The van der Waals surface area contributed by atoms with E-state index in [2.05, 4.69) is 39.1 Å². The Labute approximate surface area is 111 Å². The highest BCUT2D eigenvalue weighted by atomic mass is 15.0. The molecule has 2 saturated carbocycles. The van der Waals surface area contributed by atoms with Crippen LogP contribution in [0.3, 0.4) is 0 Å². The first-order valence-corrected chi connectivity index (χ1v) is 8.04. The number of nitrogens with one attached hydrogen (secondary N) is 1. The fourth-order valence-electron chi connectivity index (χ4n) is 6.01. The highest BCUT2D eigenvalue weighted by molar-refractivity contribution is 5.38. The van der Waals surface area contributed by atoms with Crippen molar-refractivity contribution < 1.29 is 0 Å². The standard InChI is InChI=1S/C17H27N/c1-8(2)11-5-10-6-12-15-13(9(3)4)7-18-17(12)14(10)16(11)15/h6,8-11,13-18H,5,7H2,1-4H3. The van der Waals surface area contributed by atoms with Crippen LogP contribution in [-0.2, 0) is 0 Å². The summed E-state index contributed by atoms with van der Waals surface area (Å²) >= 11 is 0. The van der Waals surface area contributed by atoms with E-state index in [1.165, 1.54) is 13.0 Å². The highest BCUT2D eigenvalue weighted by Crippen LogP contribution is 2.66. The van der Waals surface area contributed by atoms with Gasteiger partial charge in [0.15, 0.2) is 0 Å². The quantitative estimate of drug-likeness (QED) is 0.736. The first kappa shape index (κ1) is 11.5. The van der Waals surface area contributed by atoms with Gasteiger partial charge in [-0.15, -0.1) is 0 Å². The summed E-state index contributed by atoms with van der Waals surface area (Å²) < 4.78 is 0. The monoisotopic (exact) mass is 245 g/mol. The molecule has 4 rings (SSSR count). The molecule has 3 fully saturated rings. The fraction of sp³-hybridized carbons (Fsp3) is 0.882. The minimum absolute atomic E-state index is 0.781. The molecule has 7 atom stereocenters. The van der Waals surface area contributed by atoms with Gasteiger partial charge in [-0.05, 0) is 60.3 Å². The summed E-state index contributed by atoms with van der Waals surface area (Å²) in [5.41, 5.74) is 1.84. The van der Waals surface area contributed by atoms with Crippen molar-refractivity contribution in [2.45, 2.75) is 40.2 Å². The van der Waals surface area contributed by atoms with Gasteiger partial charge in [0, 0.05) is 6.04 Å². The Kier molecular flexibility index (Phi) is 2.32. The zero-order chi connectivity index (χ0) is 12.6. The summed E-state index contributed by atoms with van der Waals surface area (Å²) in [6.07, 6.45) is 4.18. The van der Waals surface area contributed by atoms with E-state index >= 15 is 0 Å². The van der Waals surface area contributed by atoms with E-state index in [4.69, 9.17) is 0 Å². The maximum absolute atomic E-state index is 3.90. The van der Waals surface area contributed by atoms with Crippen LogP contribution in [0.2, 0.25) is 0 Å². The van der Waals surface area contributed by atoms with Gasteiger partial charge in [-0.25, -0.2) is 0 Å². The molecule has 0 radical (unpaired) electrons. The third-order valence-electron chi connectivity index (χ3n) is 6.68. The SMILES string of the molecule is CC(C)C1CNC2C3=CC4CC(C(C)C)C(C31)C42. The third-order valence-corrected chi connectivity index (χ3v) is 6.68. The molecule has 1 heteroatoms. The van der Waals surface area contributed by atoms with Gasteiger partial charge in [-0.2, -0.15) is 0 Å². The zero-order valence-electron chi connectivity index (χ0n) is 12.2. The van der Waals surface area contributed by atoms with E-state index in [-0.39, 0.29) is 0 Å². The molecule has 0 aromatic heterocycles. The van der Waals surface area contributed by atoms with Gasteiger partial charge in [-0.1, -0.05) is 39.3 Å². The van der Waals surface area contributed by atoms with Crippen molar-refractivity contribution in [2.75, 3.05) is 6.54 Å². The summed E-state index contributed by atoms with van der Waals surface area (Å²) in [5.74, 6) is 7.44. The van der Waals surface area contributed by atoms with Gasteiger partial charge in [0.05, 0.1) is 0 Å². The van der Waals surface area contributed by atoms with Crippen LogP contribution in [0, 0.1) is 47.3 Å². The molecule has 0 aromatic carbocycles. The molecule has 4 aliphatic rings. The molecule has 3 aliphatic carbocycles. The maximum Gasteiger partial charge on any atom is 0.0319 e. The molecular weight excluding hydrogens is 218 g/mol. The number of hydrogen-bond donors (Lipinski definition) is 1. The topological polar surface area (TPSA) is 12.0 Å². The summed E-state index contributed by atoms with van der Waals surface area (Å²) in [5, 5.41) is 3.90. The molecule has 100 valence electrons. The van der Waals surface area contributed by atoms with Gasteiger partial charge < -0.3 is 5.32 Å². The van der Waals surface area contributed by atoms with Crippen LogP contribution in [-0.4, -0.2) is 12.6 Å². The van der Waals surface area contributed by atoms with Crippen LogP contribution >= 0.6 is 0 Å². The normalized spacial score (nSPS) is 52.6. The lowest BCUT2D eigenvalue weighted by atomic mass is 9.69. The molecule has 1 N–H and O–H groups in total. The van der Waals surface area contributed by atoms with E-state index in [1.807, 2.05) is 5.57 Å². The first-order chi connectivity index (χ1) is 8.59. The van der Waals surface area contributed by atoms with Crippen molar-refractivity contribution in [1.29, 1.82) is 0 Å². The highest BCUT2D eigenvalue weighted by Gasteiger charge is 2.63. The molecule has 18 heavy (non-hydrogen) atoms. The summed E-state index contributed by atoms with van der Waals surface area (Å²) in [7, 11) is 0. The van der Waals surface area contributed by atoms with Gasteiger partial charge in [-0.3, -0.25) is 0 Å². The second-order valence-corrected chi connectivity index (χ2v) is 7.95. The van der Waals surface area contributed by atoms with Gasteiger partial charge in [0.2, 0.25) is 0 Å². The van der Waals surface area contributed by atoms with Crippen LogP contribution in [0.25, 0.3) is 0 Å². The molecule has 1 saturated heterocycles. The van der Waals surface area contributed by atoms with Crippen molar-refractivity contribution in [2.24, 2.45) is 47.3 Å². The van der Waals surface area contributed by atoms with Crippen LogP contribution < -0.4 is 5.32 Å². The Hall–Kier alpha value is -0.300. The van der Waals surface area contributed by atoms with Crippen molar-refractivity contribution in [1.82, 2.24) is 5.32 Å². The van der Waals surface area contributed by atoms with Gasteiger partial charge in [0.25, 0.3) is 0 Å². The van der Waals surface area contributed by atoms with E-state index in [1.54, 1.807) is 0 Å². The van der Waals surface area contributed by atoms with Crippen molar-refractivity contribution in [3.05, 3.63) is 11.6 Å². The Morgan fingerprint density at radius 3 is 2.44 bits per heavy atom. The predicted octanol–water partition coefficient (Wildman–Crippen LogP) is 3.32. The van der Waals surface area contributed by atoms with Crippen LogP contribution in [0.1, 0.15) is 34.1 Å². The second kappa shape index (κ2) is 3.62. The number of allylic oxidation sites excluding steroid dienone is 1.